The number of carbonyl (C=O) groups excluding carboxylic acids is 1. The third-order valence-electron chi connectivity index (χ3n) is 6.91. The van der Waals surface area contributed by atoms with Crippen LogP contribution in [0.4, 0.5) is 9.93 Å². The van der Waals surface area contributed by atoms with Gasteiger partial charge in [-0.25, -0.2) is 9.78 Å². The Labute approximate surface area is 217 Å². The van der Waals surface area contributed by atoms with E-state index < -0.39 is 6.09 Å². The van der Waals surface area contributed by atoms with Gasteiger partial charge in [-0.3, -0.25) is 5.32 Å². The zero-order valence-corrected chi connectivity index (χ0v) is 21.9. The number of anilines is 1. The van der Waals surface area contributed by atoms with Crippen LogP contribution in [0.5, 0.6) is 0 Å². The molecule has 0 radical (unpaired) electrons. The van der Waals surface area contributed by atoms with E-state index in [4.69, 9.17) is 9.84 Å². The minimum absolute atomic E-state index is 0.0675. The number of fused-ring (bicyclic) bond motifs is 2. The Hall–Kier alpha value is -2.76. The molecule has 9 nitrogen and oxygen atoms in total. The Morgan fingerprint density at radius 3 is 2.89 bits per heavy atom. The number of hydrogen-bond donors (Lipinski definition) is 1. The van der Waals surface area contributed by atoms with Gasteiger partial charge in [-0.2, -0.15) is 9.61 Å². The zero-order chi connectivity index (χ0) is 24.5. The lowest BCUT2D eigenvalue weighted by atomic mass is 9.86. The van der Waals surface area contributed by atoms with Crippen LogP contribution in [-0.2, 0) is 11.2 Å². The van der Waals surface area contributed by atoms with Crippen LogP contribution in [0.2, 0.25) is 0 Å². The van der Waals surface area contributed by atoms with E-state index in [-0.39, 0.29) is 6.10 Å². The van der Waals surface area contributed by atoms with Crippen molar-refractivity contribution in [3.8, 4) is 0 Å². The first-order valence-electron chi connectivity index (χ1n) is 12.5. The maximum Gasteiger partial charge on any atom is 0.413 e. The summed E-state index contributed by atoms with van der Waals surface area (Å²) < 4.78 is 8.35. The molecule has 1 aromatic carbocycles. The number of thiazole rings is 1. The average molecular weight is 524 g/mol. The van der Waals surface area contributed by atoms with E-state index in [1.807, 2.05) is 29.8 Å². The van der Waals surface area contributed by atoms with Crippen molar-refractivity contribution in [1.29, 1.82) is 0 Å². The minimum atomic E-state index is -0.450. The van der Waals surface area contributed by atoms with Gasteiger partial charge in [0.25, 0.3) is 0 Å². The van der Waals surface area contributed by atoms with Crippen molar-refractivity contribution in [2.45, 2.75) is 61.1 Å². The fraction of sp³-hybridized carbons (Fsp3) is 0.480. The molecule has 4 heterocycles. The zero-order valence-electron chi connectivity index (χ0n) is 20.2. The summed E-state index contributed by atoms with van der Waals surface area (Å²) in [6, 6.07) is 10.1. The molecule has 2 fully saturated rings. The summed E-state index contributed by atoms with van der Waals surface area (Å²) >= 11 is 2.96. The molecule has 4 aromatic rings. The van der Waals surface area contributed by atoms with Crippen LogP contribution in [0.1, 0.15) is 44.2 Å². The van der Waals surface area contributed by atoms with Gasteiger partial charge in [0.2, 0.25) is 5.16 Å². The first-order valence-corrected chi connectivity index (χ1v) is 14.2. The molecule has 6 rings (SSSR count). The van der Waals surface area contributed by atoms with Gasteiger partial charge in [0, 0.05) is 18.0 Å². The van der Waals surface area contributed by atoms with Gasteiger partial charge in [0.1, 0.15) is 6.10 Å². The van der Waals surface area contributed by atoms with Crippen molar-refractivity contribution in [1.82, 2.24) is 29.7 Å². The van der Waals surface area contributed by atoms with Crippen LogP contribution in [-0.4, -0.2) is 62.0 Å². The van der Waals surface area contributed by atoms with Gasteiger partial charge >= 0.3 is 6.09 Å². The summed E-state index contributed by atoms with van der Waals surface area (Å²) in [5.74, 6) is 0.726. The van der Waals surface area contributed by atoms with Crippen LogP contribution >= 0.6 is 23.1 Å². The standard InChI is InChI=1S/C25H29N7O2S2/c1-31-12-11-18(15-31)34-25(33)27-23-26-20-9-8-19(14-21(20)36-23)35-24-29-28-22-10-7-17(30-32(22)24)13-16-5-3-2-4-6-16/h7-10,14,16,18H,2-6,11-13,15H2,1H3,(H,26,27,33)/t18-/m1/s1. The number of likely N-dealkylation sites (tertiary alicyclic amines) is 1. The summed E-state index contributed by atoms with van der Waals surface area (Å²) in [5, 5.41) is 17.6. The lowest BCUT2D eigenvalue weighted by Gasteiger charge is -2.20. The van der Waals surface area contributed by atoms with E-state index in [0.717, 1.165) is 63.5 Å². The molecule has 1 amide bonds. The van der Waals surface area contributed by atoms with E-state index in [9.17, 15) is 4.79 Å². The number of rotatable bonds is 6. The van der Waals surface area contributed by atoms with E-state index in [1.54, 1.807) is 0 Å². The molecule has 11 heteroatoms. The van der Waals surface area contributed by atoms with Gasteiger partial charge in [0.15, 0.2) is 10.8 Å². The molecule has 1 saturated carbocycles. The second-order valence-electron chi connectivity index (χ2n) is 9.74. The van der Waals surface area contributed by atoms with Crippen molar-refractivity contribution in [2.75, 3.05) is 25.5 Å². The summed E-state index contributed by atoms with van der Waals surface area (Å²) in [6.07, 6.45) is 7.97. The maximum absolute atomic E-state index is 12.3. The van der Waals surface area contributed by atoms with Gasteiger partial charge in [-0.05, 0) is 67.9 Å². The fourth-order valence-electron chi connectivity index (χ4n) is 5.05. The quantitative estimate of drug-likeness (QED) is 0.365. The Morgan fingerprint density at radius 2 is 2.06 bits per heavy atom. The van der Waals surface area contributed by atoms with Gasteiger partial charge in [-0.1, -0.05) is 43.4 Å². The first kappa shape index (κ1) is 23.6. The molecule has 3 aromatic heterocycles. The molecule has 1 aliphatic heterocycles. The Kier molecular flexibility index (Phi) is 6.77. The van der Waals surface area contributed by atoms with Crippen LogP contribution in [0.3, 0.4) is 0 Å². The highest BCUT2D eigenvalue weighted by atomic mass is 32.2. The molecule has 1 aliphatic carbocycles. The monoisotopic (exact) mass is 523 g/mol. The predicted octanol–water partition coefficient (Wildman–Crippen LogP) is 5.26. The highest BCUT2D eigenvalue weighted by molar-refractivity contribution is 7.99. The molecule has 0 spiro atoms. The van der Waals surface area contributed by atoms with E-state index >= 15 is 0 Å². The van der Waals surface area contributed by atoms with Crippen molar-refractivity contribution in [3.63, 3.8) is 0 Å². The Balaban J connectivity index is 1.15. The largest absolute Gasteiger partial charge is 0.445 e. The molecule has 36 heavy (non-hydrogen) atoms. The van der Waals surface area contributed by atoms with Gasteiger partial charge < -0.3 is 9.64 Å². The number of carbonyl (C=O) groups is 1. The second-order valence-corrected chi connectivity index (χ2v) is 11.8. The fourth-order valence-corrected chi connectivity index (χ4v) is 6.84. The second kappa shape index (κ2) is 10.3. The smallest absolute Gasteiger partial charge is 0.413 e. The highest BCUT2D eigenvalue weighted by Crippen LogP contribution is 2.33. The molecule has 0 unspecified atom stereocenters. The number of likely N-dealkylation sites (N-methyl/N-ethyl adjacent to an activating group) is 1. The van der Waals surface area contributed by atoms with Crippen LogP contribution < -0.4 is 5.32 Å². The SMILES string of the molecule is CN1CC[C@@H](OC(=O)Nc2nc3ccc(Sc4nnc5ccc(CC6CCCCC6)nn45)cc3s2)C1. The molecule has 188 valence electrons. The molecule has 1 saturated heterocycles. The van der Waals surface area contributed by atoms with Gasteiger partial charge in [0.05, 0.1) is 15.9 Å². The minimum Gasteiger partial charge on any atom is -0.445 e. The molecule has 2 aliphatic rings. The predicted molar refractivity (Wildman–Crippen MR) is 141 cm³/mol. The number of hydrogen-bond acceptors (Lipinski definition) is 9. The maximum atomic E-state index is 12.3. The van der Waals surface area contributed by atoms with Crippen LogP contribution in [0.15, 0.2) is 40.4 Å². The summed E-state index contributed by atoms with van der Waals surface area (Å²) in [6.45, 7) is 1.71. The lowest BCUT2D eigenvalue weighted by molar-refractivity contribution is 0.115. The molecular formula is C25H29N7O2S2. The molecular weight excluding hydrogens is 494 g/mol. The molecule has 0 bridgehead atoms. The van der Waals surface area contributed by atoms with E-state index in [1.165, 1.54) is 55.2 Å². The summed E-state index contributed by atoms with van der Waals surface area (Å²) in [4.78, 5) is 20.0. The Morgan fingerprint density at radius 1 is 1.17 bits per heavy atom. The number of ether oxygens (including phenoxy) is 1. The average Bonchev–Trinajstić information content (AvgIpc) is 3.58. The van der Waals surface area contributed by atoms with Crippen molar-refractivity contribution in [3.05, 3.63) is 36.0 Å². The summed E-state index contributed by atoms with van der Waals surface area (Å²) in [7, 11) is 2.03. The van der Waals surface area contributed by atoms with Crippen LogP contribution in [0, 0.1) is 5.92 Å². The number of aromatic nitrogens is 5. The topological polar surface area (TPSA) is 97.5 Å². The summed E-state index contributed by atoms with van der Waals surface area (Å²) in [5.41, 5.74) is 2.68. The van der Waals surface area contributed by atoms with E-state index in [0.29, 0.717) is 5.13 Å². The number of amides is 1. The number of nitrogens with one attached hydrogen (secondary N) is 1. The number of nitrogens with zero attached hydrogens (tertiary/aromatic N) is 6. The third-order valence-corrected chi connectivity index (χ3v) is 8.77. The van der Waals surface area contributed by atoms with E-state index in [2.05, 4.69) is 37.5 Å². The highest BCUT2D eigenvalue weighted by Gasteiger charge is 2.23. The van der Waals surface area contributed by atoms with Crippen molar-refractivity contribution in [2.24, 2.45) is 5.92 Å². The molecule has 1 atom stereocenters. The van der Waals surface area contributed by atoms with Gasteiger partial charge in [-0.15, -0.1) is 10.2 Å². The van der Waals surface area contributed by atoms with Crippen molar-refractivity contribution < 1.29 is 9.53 Å². The third kappa shape index (κ3) is 5.33. The Bertz CT molecular complexity index is 1380. The normalized spacial score (nSPS) is 19.3. The molecule has 1 N–H and O–H groups in total. The first-order chi connectivity index (χ1) is 17.6. The number of benzene rings is 1. The van der Waals surface area contributed by atoms with Crippen molar-refractivity contribution >= 4 is 50.2 Å². The lowest BCUT2D eigenvalue weighted by Crippen LogP contribution is -2.25. The van der Waals surface area contributed by atoms with Crippen LogP contribution in [0.25, 0.3) is 15.9 Å².